The number of nitrogens with zero attached hydrogens (tertiary/aromatic N) is 3. The summed E-state index contributed by atoms with van der Waals surface area (Å²) in [4.78, 5) is 14.8. The van der Waals surface area contributed by atoms with Crippen molar-refractivity contribution in [3.8, 4) is 5.69 Å². The van der Waals surface area contributed by atoms with Gasteiger partial charge in [-0.15, -0.1) is 0 Å². The number of piperidine rings is 1. The predicted octanol–water partition coefficient (Wildman–Crippen LogP) is 1.90. The Morgan fingerprint density at radius 1 is 1.23 bits per heavy atom. The van der Waals surface area contributed by atoms with Crippen molar-refractivity contribution < 1.29 is 5.11 Å². The first kappa shape index (κ1) is 15.5. The molecule has 1 aromatic carbocycles. The average Bonchev–Trinajstić information content (AvgIpc) is 2.74. The SMILES string of the molecule is Cn1c(CN2CCC(O)CC2)c(Br)c(=O)n1-c1ccccc1. The molecule has 2 aromatic rings. The Bertz CT molecular complexity index is 700. The Balaban J connectivity index is 1.91. The molecule has 0 atom stereocenters. The highest BCUT2D eigenvalue weighted by Crippen LogP contribution is 2.20. The number of rotatable bonds is 3. The summed E-state index contributed by atoms with van der Waals surface area (Å²) in [6.45, 7) is 2.43. The number of halogens is 1. The van der Waals surface area contributed by atoms with Crippen LogP contribution in [0.1, 0.15) is 18.5 Å². The number of hydrogen-bond donors (Lipinski definition) is 1. The van der Waals surface area contributed by atoms with Gasteiger partial charge in [0.05, 0.1) is 17.5 Å². The molecule has 1 aromatic heterocycles. The van der Waals surface area contributed by atoms with Gasteiger partial charge in [0.2, 0.25) is 0 Å². The largest absolute Gasteiger partial charge is 0.393 e. The van der Waals surface area contributed by atoms with Crippen LogP contribution in [0.4, 0.5) is 0 Å². The topological polar surface area (TPSA) is 50.4 Å². The van der Waals surface area contributed by atoms with Gasteiger partial charge in [0.1, 0.15) is 4.47 Å². The average molecular weight is 366 g/mol. The first-order chi connectivity index (χ1) is 10.6. The highest BCUT2D eigenvalue weighted by atomic mass is 79.9. The fourth-order valence-electron chi connectivity index (χ4n) is 2.94. The van der Waals surface area contributed by atoms with E-state index >= 15 is 0 Å². The maximum Gasteiger partial charge on any atom is 0.286 e. The van der Waals surface area contributed by atoms with Crippen LogP contribution in [0.3, 0.4) is 0 Å². The van der Waals surface area contributed by atoms with E-state index in [2.05, 4.69) is 20.8 Å². The highest BCUT2D eigenvalue weighted by Gasteiger charge is 2.22. The van der Waals surface area contributed by atoms with E-state index in [4.69, 9.17) is 0 Å². The summed E-state index contributed by atoms with van der Waals surface area (Å²) in [7, 11) is 1.91. The molecule has 118 valence electrons. The Labute approximate surface area is 137 Å². The molecule has 2 heterocycles. The molecule has 1 aliphatic heterocycles. The smallest absolute Gasteiger partial charge is 0.286 e. The van der Waals surface area contributed by atoms with Crippen LogP contribution >= 0.6 is 15.9 Å². The van der Waals surface area contributed by atoms with Gasteiger partial charge in [-0.2, -0.15) is 0 Å². The van der Waals surface area contributed by atoms with E-state index in [1.165, 1.54) is 0 Å². The zero-order valence-electron chi connectivity index (χ0n) is 12.6. The molecule has 0 bridgehead atoms. The van der Waals surface area contributed by atoms with E-state index in [9.17, 15) is 9.90 Å². The Morgan fingerprint density at radius 2 is 1.86 bits per heavy atom. The molecule has 0 spiro atoms. The first-order valence-corrected chi connectivity index (χ1v) is 8.29. The van der Waals surface area contributed by atoms with Crippen molar-refractivity contribution >= 4 is 15.9 Å². The lowest BCUT2D eigenvalue weighted by Gasteiger charge is -2.29. The minimum absolute atomic E-state index is 0.0410. The van der Waals surface area contributed by atoms with Gasteiger partial charge in [-0.05, 0) is 40.9 Å². The molecule has 0 radical (unpaired) electrons. The summed E-state index contributed by atoms with van der Waals surface area (Å²) in [6.07, 6.45) is 1.41. The van der Waals surface area contributed by atoms with E-state index in [0.29, 0.717) is 11.0 Å². The van der Waals surface area contributed by atoms with E-state index in [1.54, 1.807) is 4.68 Å². The van der Waals surface area contributed by atoms with Crippen LogP contribution < -0.4 is 5.56 Å². The summed E-state index contributed by atoms with van der Waals surface area (Å²) in [5, 5.41) is 9.60. The van der Waals surface area contributed by atoms with Gasteiger partial charge < -0.3 is 5.11 Å². The van der Waals surface area contributed by atoms with Gasteiger partial charge in [-0.3, -0.25) is 14.4 Å². The lowest BCUT2D eigenvalue weighted by Crippen LogP contribution is -2.36. The molecule has 1 N–H and O–H groups in total. The van der Waals surface area contributed by atoms with E-state index < -0.39 is 0 Å². The number of aliphatic hydroxyl groups excluding tert-OH is 1. The molecule has 6 heteroatoms. The lowest BCUT2D eigenvalue weighted by molar-refractivity contribution is 0.0779. The van der Waals surface area contributed by atoms with E-state index in [1.807, 2.05) is 42.1 Å². The molecule has 1 aliphatic rings. The zero-order valence-corrected chi connectivity index (χ0v) is 14.2. The molecule has 1 fully saturated rings. The maximum absolute atomic E-state index is 12.5. The fraction of sp³-hybridized carbons (Fsp3) is 0.438. The second-order valence-corrected chi connectivity index (χ2v) is 6.54. The van der Waals surface area contributed by atoms with Crippen LogP contribution in [0.25, 0.3) is 5.69 Å². The molecular formula is C16H20BrN3O2. The van der Waals surface area contributed by atoms with Crippen molar-refractivity contribution in [1.82, 2.24) is 14.3 Å². The maximum atomic E-state index is 12.5. The van der Waals surface area contributed by atoms with Gasteiger partial charge in [0, 0.05) is 26.7 Å². The fourth-order valence-corrected chi connectivity index (χ4v) is 3.49. The molecular weight excluding hydrogens is 346 g/mol. The van der Waals surface area contributed by atoms with Crippen LogP contribution in [0, 0.1) is 0 Å². The van der Waals surface area contributed by atoms with Crippen LogP contribution in [0.15, 0.2) is 39.6 Å². The second kappa shape index (κ2) is 6.40. The minimum Gasteiger partial charge on any atom is -0.393 e. The Hall–Kier alpha value is -1.37. The lowest BCUT2D eigenvalue weighted by atomic mass is 10.1. The van der Waals surface area contributed by atoms with Crippen molar-refractivity contribution in [2.75, 3.05) is 13.1 Å². The van der Waals surface area contributed by atoms with Gasteiger partial charge in [-0.1, -0.05) is 18.2 Å². The van der Waals surface area contributed by atoms with Crippen LogP contribution in [0.2, 0.25) is 0 Å². The highest BCUT2D eigenvalue weighted by molar-refractivity contribution is 9.10. The van der Waals surface area contributed by atoms with Crippen molar-refractivity contribution in [2.24, 2.45) is 7.05 Å². The van der Waals surface area contributed by atoms with Crippen molar-refractivity contribution in [1.29, 1.82) is 0 Å². The number of benzene rings is 1. The van der Waals surface area contributed by atoms with Crippen molar-refractivity contribution in [3.05, 3.63) is 50.9 Å². The standard InChI is InChI=1S/C16H20BrN3O2/c1-18-14(11-19-9-7-13(21)8-10-19)15(17)16(22)20(18)12-5-3-2-4-6-12/h2-6,13,21H,7-11H2,1H3. The van der Waals surface area contributed by atoms with Crippen LogP contribution in [-0.4, -0.2) is 38.6 Å². The summed E-state index contributed by atoms with van der Waals surface area (Å²) in [5.41, 5.74) is 1.78. The summed E-state index contributed by atoms with van der Waals surface area (Å²) in [5.74, 6) is 0. The number of likely N-dealkylation sites (tertiary alicyclic amines) is 1. The minimum atomic E-state index is -0.183. The van der Waals surface area contributed by atoms with Crippen LogP contribution in [-0.2, 0) is 13.6 Å². The second-order valence-electron chi connectivity index (χ2n) is 5.74. The van der Waals surface area contributed by atoms with Crippen LogP contribution in [0.5, 0.6) is 0 Å². The number of aliphatic hydroxyl groups is 1. The molecule has 0 saturated carbocycles. The van der Waals surface area contributed by atoms with Gasteiger partial charge in [-0.25, -0.2) is 4.68 Å². The summed E-state index contributed by atoms with van der Waals surface area (Å²) < 4.78 is 4.20. The third kappa shape index (κ3) is 2.91. The molecule has 3 rings (SSSR count). The van der Waals surface area contributed by atoms with Gasteiger partial charge in [0.25, 0.3) is 5.56 Å². The Morgan fingerprint density at radius 3 is 2.50 bits per heavy atom. The normalized spacial score (nSPS) is 17.0. The first-order valence-electron chi connectivity index (χ1n) is 7.50. The van der Waals surface area contributed by atoms with Gasteiger partial charge in [0.15, 0.2) is 0 Å². The van der Waals surface area contributed by atoms with Crippen molar-refractivity contribution in [2.45, 2.75) is 25.5 Å². The third-order valence-corrected chi connectivity index (χ3v) is 5.05. The molecule has 5 nitrogen and oxygen atoms in total. The zero-order chi connectivity index (χ0) is 15.7. The van der Waals surface area contributed by atoms with E-state index in [-0.39, 0.29) is 11.7 Å². The van der Waals surface area contributed by atoms with E-state index in [0.717, 1.165) is 37.3 Å². The molecule has 22 heavy (non-hydrogen) atoms. The van der Waals surface area contributed by atoms with Crippen molar-refractivity contribution in [3.63, 3.8) is 0 Å². The molecule has 1 saturated heterocycles. The Kier molecular flexibility index (Phi) is 4.52. The molecule has 0 aliphatic carbocycles. The quantitative estimate of drug-likeness (QED) is 0.903. The third-order valence-electron chi connectivity index (χ3n) is 4.26. The number of para-hydroxylation sites is 1. The molecule has 0 amide bonds. The predicted molar refractivity (Wildman–Crippen MR) is 89.2 cm³/mol. The number of hydrogen-bond acceptors (Lipinski definition) is 3. The number of aromatic nitrogens is 2. The molecule has 0 unspecified atom stereocenters. The monoisotopic (exact) mass is 365 g/mol. The van der Waals surface area contributed by atoms with Gasteiger partial charge >= 0.3 is 0 Å². The summed E-state index contributed by atoms with van der Waals surface area (Å²) in [6, 6.07) is 9.64. The summed E-state index contributed by atoms with van der Waals surface area (Å²) >= 11 is 3.46.